The molecule has 0 heterocycles. The van der Waals surface area contributed by atoms with Gasteiger partial charge < -0.3 is 0 Å². The maximum Gasteiger partial charge on any atom is 0.0413 e. The molecule has 9 heavy (non-hydrogen) atoms. The van der Waals surface area contributed by atoms with Gasteiger partial charge in [0.15, 0.2) is 0 Å². The zero-order valence-electron chi connectivity index (χ0n) is 7.41. The zero-order valence-corrected chi connectivity index (χ0v) is 8.41. The summed E-state index contributed by atoms with van der Waals surface area (Å²) in [4.78, 5) is 0. The van der Waals surface area contributed by atoms with Crippen molar-refractivity contribution in [3.8, 4) is 0 Å². The third-order valence-corrected chi connectivity index (χ3v) is 2.62. The van der Waals surface area contributed by atoms with Crippen molar-refractivity contribution >= 4 is 8.80 Å². The highest BCUT2D eigenvalue weighted by molar-refractivity contribution is 6.55. The second-order valence-electron chi connectivity index (χ2n) is 4.27. The van der Waals surface area contributed by atoms with Crippen molar-refractivity contribution in [3.63, 3.8) is 0 Å². The van der Waals surface area contributed by atoms with Gasteiger partial charge in [-0.2, -0.15) is 0 Å². The highest BCUT2D eigenvalue weighted by atomic mass is 28.3. The normalized spacial score (nSPS) is 12.7. The standard InChI is InChI=1S/C8H19Si/c1-8(2,3)6-7-9(4)5/h6-7H2,1-5H3. The molecule has 0 saturated carbocycles. The van der Waals surface area contributed by atoms with E-state index in [9.17, 15) is 0 Å². The van der Waals surface area contributed by atoms with Crippen LogP contribution < -0.4 is 0 Å². The Bertz CT molecular complexity index is 69.1. The maximum atomic E-state index is 2.39. The predicted octanol–water partition coefficient (Wildman–Crippen LogP) is 3.18. The van der Waals surface area contributed by atoms with Gasteiger partial charge in [-0.05, 0) is 5.41 Å². The van der Waals surface area contributed by atoms with Crippen LogP contribution in [0, 0.1) is 5.41 Å². The van der Waals surface area contributed by atoms with E-state index < -0.39 is 0 Å². The van der Waals surface area contributed by atoms with Crippen molar-refractivity contribution < 1.29 is 0 Å². The largest absolute Gasteiger partial charge is 0.0713 e. The number of rotatable bonds is 2. The van der Waals surface area contributed by atoms with Crippen LogP contribution in [0.3, 0.4) is 0 Å². The van der Waals surface area contributed by atoms with Crippen molar-refractivity contribution in [1.82, 2.24) is 0 Å². The van der Waals surface area contributed by atoms with Crippen LogP contribution in [0.1, 0.15) is 27.2 Å². The smallest absolute Gasteiger partial charge is 0.0413 e. The molecule has 0 aromatic heterocycles. The Labute approximate surface area is 61.3 Å². The molecule has 0 aliphatic carbocycles. The summed E-state index contributed by atoms with van der Waals surface area (Å²) < 4.78 is 0. The molecule has 0 N–H and O–H groups in total. The lowest BCUT2D eigenvalue weighted by molar-refractivity contribution is 0.396. The number of hydrogen-bond donors (Lipinski definition) is 0. The molecule has 0 nitrogen and oxygen atoms in total. The summed E-state index contributed by atoms with van der Waals surface area (Å²) in [7, 11) is 0.0324. The number of hydrogen-bond acceptors (Lipinski definition) is 0. The van der Waals surface area contributed by atoms with Crippen LogP contribution in [0.25, 0.3) is 0 Å². The summed E-state index contributed by atoms with van der Waals surface area (Å²) in [6.07, 6.45) is 1.40. The first kappa shape index (κ1) is 9.22. The average Bonchev–Trinajstić information content (AvgIpc) is 1.59. The van der Waals surface area contributed by atoms with Gasteiger partial charge in [0.2, 0.25) is 0 Å². The van der Waals surface area contributed by atoms with Crippen molar-refractivity contribution in [3.05, 3.63) is 0 Å². The molecule has 0 saturated heterocycles. The van der Waals surface area contributed by atoms with Gasteiger partial charge >= 0.3 is 0 Å². The predicted molar refractivity (Wildman–Crippen MR) is 46.4 cm³/mol. The van der Waals surface area contributed by atoms with E-state index in [0.29, 0.717) is 5.41 Å². The summed E-state index contributed by atoms with van der Waals surface area (Å²) in [6.45, 7) is 11.7. The molecule has 0 spiro atoms. The molecular formula is C8H19Si. The summed E-state index contributed by atoms with van der Waals surface area (Å²) in [5.41, 5.74) is 0.557. The lowest BCUT2D eigenvalue weighted by atomic mass is 9.94. The van der Waals surface area contributed by atoms with E-state index in [-0.39, 0.29) is 8.80 Å². The molecule has 0 unspecified atom stereocenters. The Morgan fingerprint density at radius 1 is 1.11 bits per heavy atom. The molecule has 0 rings (SSSR count). The van der Waals surface area contributed by atoms with Gasteiger partial charge in [0.25, 0.3) is 0 Å². The minimum Gasteiger partial charge on any atom is -0.0713 e. The van der Waals surface area contributed by atoms with Gasteiger partial charge in [0.1, 0.15) is 0 Å². The maximum absolute atomic E-state index is 2.39. The third kappa shape index (κ3) is 8.22. The fraction of sp³-hybridized carbons (Fsp3) is 1.00. The van der Waals surface area contributed by atoms with Crippen molar-refractivity contribution in [2.45, 2.75) is 46.3 Å². The second kappa shape index (κ2) is 3.40. The quantitative estimate of drug-likeness (QED) is 0.521. The Kier molecular flexibility index (Phi) is 3.48. The third-order valence-electron chi connectivity index (χ3n) is 1.37. The fourth-order valence-electron chi connectivity index (χ4n) is 0.625. The van der Waals surface area contributed by atoms with Gasteiger partial charge in [0.05, 0.1) is 0 Å². The molecule has 1 heteroatoms. The van der Waals surface area contributed by atoms with E-state index in [1.807, 2.05) is 0 Å². The van der Waals surface area contributed by atoms with Gasteiger partial charge in [-0.1, -0.05) is 46.3 Å². The van der Waals surface area contributed by atoms with Crippen molar-refractivity contribution in [2.24, 2.45) is 5.41 Å². The van der Waals surface area contributed by atoms with Crippen molar-refractivity contribution in [2.75, 3.05) is 0 Å². The van der Waals surface area contributed by atoms with E-state index in [0.717, 1.165) is 0 Å². The van der Waals surface area contributed by atoms with Gasteiger partial charge in [0, 0.05) is 8.80 Å². The Balaban J connectivity index is 3.28. The molecule has 0 atom stereocenters. The molecule has 1 radical (unpaired) electrons. The zero-order chi connectivity index (χ0) is 7.49. The Morgan fingerprint density at radius 2 is 1.56 bits per heavy atom. The second-order valence-corrected chi connectivity index (χ2v) is 7.18. The molecule has 0 amide bonds. The van der Waals surface area contributed by atoms with Crippen LogP contribution in [-0.4, -0.2) is 8.80 Å². The van der Waals surface area contributed by atoms with Crippen LogP contribution in [-0.2, 0) is 0 Å². The Morgan fingerprint density at radius 3 is 1.67 bits per heavy atom. The molecular weight excluding hydrogens is 124 g/mol. The first-order chi connectivity index (χ1) is 3.92. The minimum absolute atomic E-state index is 0.0324. The summed E-state index contributed by atoms with van der Waals surface area (Å²) in [6, 6.07) is 1.47. The average molecular weight is 143 g/mol. The molecule has 0 aliphatic heterocycles. The van der Waals surface area contributed by atoms with Crippen LogP contribution >= 0.6 is 0 Å². The molecule has 0 aliphatic rings. The van der Waals surface area contributed by atoms with Crippen LogP contribution in [0.15, 0.2) is 0 Å². The summed E-state index contributed by atoms with van der Waals surface area (Å²) >= 11 is 0. The molecule has 0 bridgehead atoms. The lowest BCUT2D eigenvalue weighted by Gasteiger charge is -2.18. The summed E-state index contributed by atoms with van der Waals surface area (Å²) in [5.74, 6) is 0. The summed E-state index contributed by atoms with van der Waals surface area (Å²) in [5, 5.41) is 0. The highest BCUT2D eigenvalue weighted by Gasteiger charge is 2.10. The SMILES string of the molecule is C[Si](C)CCC(C)(C)C. The van der Waals surface area contributed by atoms with Gasteiger partial charge in [-0.3, -0.25) is 0 Å². The fourth-order valence-corrected chi connectivity index (χ4v) is 1.87. The van der Waals surface area contributed by atoms with E-state index in [1.165, 1.54) is 12.5 Å². The first-order valence-corrected chi connectivity index (χ1v) is 6.41. The monoisotopic (exact) mass is 143 g/mol. The molecule has 0 aromatic carbocycles. The Hall–Kier alpha value is 0.217. The van der Waals surface area contributed by atoms with E-state index in [2.05, 4.69) is 33.9 Å². The van der Waals surface area contributed by atoms with Crippen LogP contribution in [0.2, 0.25) is 19.1 Å². The van der Waals surface area contributed by atoms with Crippen LogP contribution in [0.4, 0.5) is 0 Å². The first-order valence-electron chi connectivity index (χ1n) is 3.71. The van der Waals surface area contributed by atoms with E-state index >= 15 is 0 Å². The van der Waals surface area contributed by atoms with Crippen LogP contribution in [0.5, 0.6) is 0 Å². The van der Waals surface area contributed by atoms with Gasteiger partial charge in [-0.15, -0.1) is 0 Å². The highest BCUT2D eigenvalue weighted by Crippen LogP contribution is 2.21. The topological polar surface area (TPSA) is 0 Å². The van der Waals surface area contributed by atoms with E-state index in [4.69, 9.17) is 0 Å². The minimum atomic E-state index is 0.0324. The van der Waals surface area contributed by atoms with Crippen molar-refractivity contribution in [1.29, 1.82) is 0 Å². The lowest BCUT2D eigenvalue weighted by Crippen LogP contribution is -2.09. The molecule has 0 aromatic rings. The molecule has 0 fully saturated rings. The van der Waals surface area contributed by atoms with Gasteiger partial charge in [-0.25, -0.2) is 0 Å². The molecule has 55 valence electrons. The van der Waals surface area contributed by atoms with E-state index in [1.54, 1.807) is 0 Å².